The summed E-state index contributed by atoms with van der Waals surface area (Å²) < 4.78 is 29.4. The minimum Gasteiger partial charge on any atom is -0.355 e. The lowest BCUT2D eigenvalue weighted by Crippen LogP contribution is -2.53. The highest BCUT2D eigenvalue weighted by Crippen LogP contribution is 2.30. The smallest absolute Gasteiger partial charge is 0.264 e. The molecule has 0 saturated heterocycles. The maximum absolute atomic E-state index is 14.4. The van der Waals surface area contributed by atoms with E-state index < -0.39 is 28.5 Å². The summed E-state index contributed by atoms with van der Waals surface area (Å²) in [6.45, 7) is 5.25. The van der Waals surface area contributed by atoms with Crippen LogP contribution in [0.25, 0.3) is 0 Å². The summed E-state index contributed by atoms with van der Waals surface area (Å²) in [5.41, 5.74) is 3.33. The highest BCUT2D eigenvalue weighted by molar-refractivity contribution is 7.92. The first kappa shape index (κ1) is 33.1. The Morgan fingerprint density at radius 3 is 2.11 bits per heavy atom. The highest BCUT2D eigenvalue weighted by atomic mass is 35.5. The molecule has 0 aliphatic heterocycles. The minimum atomic E-state index is -4.21. The van der Waals surface area contributed by atoms with E-state index in [0.29, 0.717) is 33.4 Å². The molecule has 0 saturated carbocycles. The van der Waals surface area contributed by atoms with Gasteiger partial charge in [-0.3, -0.25) is 13.9 Å². The lowest BCUT2D eigenvalue weighted by Gasteiger charge is -2.34. The summed E-state index contributed by atoms with van der Waals surface area (Å²) in [7, 11) is -4.21. The van der Waals surface area contributed by atoms with Crippen molar-refractivity contribution >= 4 is 50.7 Å². The van der Waals surface area contributed by atoms with E-state index in [0.717, 1.165) is 15.4 Å². The van der Waals surface area contributed by atoms with Crippen LogP contribution in [0.1, 0.15) is 29.2 Å². The summed E-state index contributed by atoms with van der Waals surface area (Å²) in [4.78, 5) is 29.5. The summed E-state index contributed by atoms with van der Waals surface area (Å²) >= 11 is 12.5. The third kappa shape index (κ3) is 8.20. The van der Waals surface area contributed by atoms with Crippen LogP contribution in [0.15, 0.2) is 102 Å². The van der Waals surface area contributed by atoms with Gasteiger partial charge >= 0.3 is 0 Å². The molecule has 0 bridgehead atoms. The number of rotatable bonds is 12. The number of halogens is 2. The largest absolute Gasteiger partial charge is 0.355 e. The monoisotopic (exact) mass is 651 g/mol. The van der Waals surface area contributed by atoms with Crippen molar-refractivity contribution in [2.24, 2.45) is 0 Å². The van der Waals surface area contributed by atoms with Gasteiger partial charge in [-0.25, -0.2) is 8.42 Å². The van der Waals surface area contributed by atoms with E-state index in [9.17, 15) is 18.0 Å². The lowest BCUT2D eigenvalue weighted by atomic mass is 10.0. The number of likely N-dealkylation sites (N-methyl/N-ethyl adjacent to an activating group) is 1. The molecule has 4 aromatic rings. The van der Waals surface area contributed by atoms with Gasteiger partial charge in [0.2, 0.25) is 11.8 Å². The van der Waals surface area contributed by atoms with Gasteiger partial charge in [0.15, 0.2) is 0 Å². The first-order valence-corrected chi connectivity index (χ1v) is 16.4. The summed E-state index contributed by atoms with van der Waals surface area (Å²) in [6.07, 6.45) is 0.226. The lowest BCUT2D eigenvalue weighted by molar-refractivity contribution is -0.140. The molecule has 0 aliphatic carbocycles. The van der Waals surface area contributed by atoms with Crippen molar-refractivity contribution < 1.29 is 18.0 Å². The molecule has 7 nitrogen and oxygen atoms in total. The van der Waals surface area contributed by atoms with E-state index in [1.54, 1.807) is 62.4 Å². The Bertz CT molecular complexity index is 1710. The molecule has 1 unspecified atom stereocenters. The number of benzene rings is 4. The fraction of sp³-hybridized carbons (Fsp3) is 0.235. The molecule has 2 amide bonds. The van der Waals surface area contributed by atoms with E-state index in [1.807, 2.05) is 43.3 Å². The van der Waals surface area contributed by atoms with Crippen molar-refractivity contribution in [3.8, 4) is 0 Å². The molecule has 0 aliphatic rings. The molecule has 0 spiro atoms. The number of amides is 2. The first-order valence-electron chi connectivity index (χ1n) is 14.2. The van der Waals surface area contributed by atoms with E-state index in [4.69, 9.17) is 23.2 Å². The molecule has 0 aromatic heterocycles. The van der Waals surface area contributed by atoms with Crippen molar-refractivity contribution in [3.05, 3.63) is 129 Å². The number of carbonyl (C=O) groups excluding carboxylic acids is 2. The molecule has 1 atom stereocenters. The Labute approximate surface area is 269 Å². The van der Waals surface area contributed by atoms with Gasteiger partial charge in [-0.15, -0.1) is 0 Å². The fourth-order valence-electron chi connectivity index (χ4n) is 4.93. The number of hydrogen-bond acceptors (Lipinski definition) is 4. The molecular formula is C34H35Cl2N3O4S. The van der Waals surface area contributed by atoms with Gasteiger partial charge in [-0.1, -0.05) is 83.4 Å². The zero-order valence-corrected chi connectivity index (χ0v) is 27.2. The van der Waals surface area contributed by atoms with E-state index in [-0.39, 0.29) is 23.8 Å². The van der Waals surface area contributed by atoms with Gasteiger partial charge < -0.3 is 10.2 Å². The van der Waals surface area contributed by atoms with Gasteiger partial charge in [-0.05, 0) is 79.9 Å². The van der Waals surface area contributed by atoms with E-state index in [1.165, 1.54) is 17.0 Å². The predicted octanol–water partition coefficient (Wildman–Crippen LogP) is 6.58. The third-order valence-corrected chi connectivity index (χ3v) is 9.42. The van der Waals surface area contributed by atoms with Gasteiger partial charge in [0, 0.05) is 29.6 Å². The van der Waals surface area contributed by atoms with Crippen LogP contribution in [0.4, 0.5) is 5.69 Å². The number of hydrogen-bond donors (Lipinski definition) is 1. The Hall–Kier alpha value is -3.85. The summed E-state index contributed by atoms with van der Waals surface area (Å²) in [6, 6.07) is 26.8. The van der Waals surface area contributed by atoms with Crippen molar-refractivity contribution in [3.63, 3.8) is 0 Å². The highest BCUT2D eigenvalue weighted by Gasteiger charge is 2.35. The topological polar surface area (TPSA) is 86.8 Å². The van der Waals surface area contributed by atoms with E-state index >= 15 is 0 Å². The normalized spacial score (nSPS) is 11.9. The Balaban J connectivity index is 1.82. The number of nitrogens with zero attached hydrogens (tertiary/aromatic N) is 2. The van der Waals surface area contributed by atoms with Crippen LogP contribution in [0, 0.1) is 13.8 Å². The minimum absolute atomic E-state index is 0.0338. The molecule has 0 fully saturated rings. The summed E-state index contributed by atoms with van der Waals surface area (Å²) in [5.74, 6) is -0.899. The second-order valence-electron chi connectivity index (χ2n) is 10.5. The fourth-order valence-corrected chi connectivity index (χ4v) is 6.85. The Kier molecular flexibility index (Phi) is 11.1. The second-order valence-corrected chi connectivity index (χ2v) is 13.2. The molecule has 230 valence electrons. The van der Waals surface area contributed by atoms with Crippen LogP contribution < -0.4 is 9.62 Å². The van der Waals surface area contributed by atoms with Crippen molar-refractivity contribution in [2.75, 3.05) is 17.4 Å². The van der Waals surface area contributed by atoms with Gasteiger partial charge in [0.25, 0.3) is 10.0 Å². The molecule has 4 aromatic carbocycles. The van der Waals surface area contributed by atoms with Crippen LogP contribution in [0.5, 0.6) is 0 Å². The quantitative estimate of drug-likeness (QED) is 0.187. The number of carbonyl (C=O) groups is 2. The number of nitrogens with one attached hydrogen (secondary N) is 1. The van der Waals surface area contributed by atoms with Crippen molar-refractivity contribution in [1.29, 1.82) is 0 Å². The molecule has 10 heteroatoms. The molecule has 0 heterocycles. The van der Waals surface area contributed by atoms with Gasteiger partial charge in [0.1, 0.15) is 12.6 Å². The standard InChI is InChI=1S/C34H35Cl2N3O4S/c1-4-37-34(41)32(21-26-9-6-5-7-10-26)38(22-27-11-8-12-28(35)20-27)33(40)23-39(31-18-15-29(36)19-25(31)3)44(42,43)30-16-13-24(2)14-17-30/h5-20,32H,4,21-23H2,1-3H3,(H,37,41). The molecular weight excluding hydrogens is 617 g/mol. The maximum Gasteiger partial charge on any atom is 0.264 e. The van der Waals surface area contributed by atoms with Crippen LogP contribution in [-0.2, 0) is 32.6 Å². The van der Waals surface area contributed by atoms with Crippen LogP contribution in [0.3, 0.4) is 0 Å². The van der Waals surface area contributed by atoms with Crippen molar-refractivity contribution in [2.45, 2.75) is 44.7 Å². The maximum atomic E-state index is 14.4. The molecule has 44 heavy (non-hydrogen) atoms. The molecule has 4 rings (SSSR count). The average molecular weight is 653 g/mol. The third-order valence-electron chi connectivity index (χ3n) is 7.18. The molecule has 0 radical (unpaired) electrons. The van der Waals surface area contributed by atoms with Crippen molar-refractivity contribution in [1.82, 2.24) is 10.2 Å². The zero-order valence-electron chi connectivity index (χ0n) is 24.8. The van der Waals surface area contributed by atoms with Gasteiger partial charge in [0.05, 0.1) is 10.6 Å². The first-order chi connectivity index (χ1) is 21.0. The summed E-state index contributed by atoms with van der Waals surface area (Å²) in [5, 5.41) is 3.77. The molecule has 1 N–H and O–H groups in total. The number of anilines is 1. The van der Waals surface area contributed by atoms with E-state index in [2.05, 4.69) is 5.32 Å². The van der Waals surface area contributed by atoms with Crippen LogP contribution >= 0.6 is 23.2 Å². The zero-order chi connectivity index (χ0) is 31.9. The number of sulfonamides is 1. The SMILES string of the molecule is CCNC(=O)C(Cc1ccccc1)N(Cc1cccc(Cl)c1)C(=O)CN(c1ccc(Cl)cc1C)S(=O)(=O)c1ccc(C)cc1. The van der Waals surface area contributed by atoms with Gasteiger partial charge in [-0.2, -0.15) is 0 Å². The van der Waals surface area contributed by atoms with Crippen LogP contribution in [-0.4, -0.2) is 44.3 Å². The Morgan fingerprint density at radius 2 is 1.48 bits per heavy atom. The van der Waals surface area contributed by atoms with Crippen LogP contribution in [0.2, 0.25) is 10.0 Å². The average Bonchev–Trinajstić information content (AvgIpc) is 2.99. The number of aryl methyl sites for hydroxylation is 2. The predicted molar refractivity (Wildman–Crippen MR) is 177 cm³/mol. The Morgan fingerprint density at radius 1 is 0.818 bits per heavy atom. The second kappa shape index (κ2) is 14.8.